The minimum atomic E-state index is -0.494. The van der Waals surface area contributed by atoms with E-state index in [1.54, 1.807) is 13.8 Å². The molecule has 5 heteroatoms. The van der Waals surface area contributed by atoms with Crippen LogP contribution in [-0.2, 0) is 0 Å². The lowest BCUT2D eigenvalue weighted by Crippen LogP contribution is -2.14. The van der Waals surface area contributed by atoms with E-state index in [4.69, 9.17) is 11.6 Å². The smallest absolute Gasteiger partial charge is 0.274 e. The van der Waals surface area contributed by atoms with Gasteiger partial charge < -0.3 is 4.98 Å². The highest BCUT2D eigenvalue weighted by Crippen LogP contribution is 2.20. The third-order valence-corrected chi connectivity index (χ3v) is 2.69. The molecule has 1 aromatic heterocycles. The highest BCUT2D eigenvalue weighted by atomic mass is 35.5. The Labute approximate surface area is 102 Å². The first kappa shape index (κ1) is 11.8. The minimum Gasteiger partial charge on any atom is -0.323 e. The van der Waals surface area contributed by atoms with Crippen LogP contribution in [0.3, 0.4) is 0 Å². The first-order chi connectivity index (χ1) is 7.97. The van der Waals surface area contributed by atoms with Gasteiger partial charge in [0.15, 0.2) is 0 Å². The average molecular weight is 253 g/mol. The molecule has 0 atom stereocenters. The summed E-state index contributed by atoms with van der Waals surface area (Å²) in [5, 5.41) is 0.236. The molecule has 2 rings (SSSR count). The van der Waals surface area contributed by atoms with Crippen LogP contribution in [0.1, 0.15) is 11.4 Å². The molecule has 3 nitrogen and oxygen atoms in total. The van der Waals surface area contributed by atoms with Crippen LogP contribution >= 0.6 is 11.6 Å². The van der Waals surface area contributed by atoms with E-state index in [-0.39, 0.29) is 16.3 Å². The molecule has 0 radical (unpaired) electrons. The summed E-state index contributed by atoms with van der Waals surface area (Å²) in [5.41, 5.74) is 1.59. The molecule has 88 valence electrons. The van der Waals surface area contributed by atoms with Crippen LogP contribution in [0.25, 0.3) is 11.3 Å². The van der Waals surface area contributed by atoms with E-state index >= 15 is 0 Å². The third kappa shape index (κ3) is 2.36. The molecule has 0 spiro atoms. The van der Waals surface area contributed by atoms with E-state index in [9.17, 15) is 9.18 Å². The summed E-state index contributed by atoms with van der Waals surface area (Å²) in [4.78, 5) is 18.5. The van der Waals surface area contributed by atoms with Crippen molar-refractivity contribution in [1.82, 2.24) is 9.97 Å². The van der Waals surface area contributed by atoms with E-state index in [0.29, 0.717) is 17.0 Å². The second-order valence-corrected chi connectivity index (χ2v) is 4.22. The lowest BCUT2D eigenvalue weighted by molar-refractivity contribution is 0.628. The van der Waals surface area contributed by atoms with Crippen molar-refractivity contribution in [3.8, 4) is 11.3 Å². The summed E-state index contributed by atoms with van der Waals surface area (Å²) in [6.45, 7) is 3.53. The molecule has 1 N–H and O–H groups in total. The molecule has 1 heterocycles. The fraction of sp³-hybridized carbons (Fsp3) is 0.167. The number of hydrogen-bond acceptors (Lipinski definition) is 2. The van der Waals surface area contributed by atoms with E-state index in [0.717, 1.165) is 0 Å². The Morgan fingerprint density at radius 3 is 2.65 bits per heavy atom. The third-order valence-electron chi connectivity index (χ3n) is 2.47. The Kier molecular flexibility index (Phi) is 2.98. The predicted molar refractivity (Wildman–Crippen MR) is 64.7 cm³/mol. The minimum absolute atomic E-state index is 0.175. The summed E-state index contributed by atoms with van der Waals surface area (Å²) in [6.07, 6.45) is 0. The van der Waals surface area contributed by atoms with E-state index in [1.165, 1.54) is 18.2 Å². The standard InChI is InChI=1S/C12H10ClFN2O/c1-6-7(2)16-12(17)11(15-6)8-3-9(13)5-10(14)4-8/h3-5H,1-2H3,(H,16,17). The zero-order valence-electron chi connectivity index (χ0n) is 9.34. The molecule has 0 saturated heterocycles. The molecular weight excluding hydrogens is 243 g/mol. The van der Waals surface area contributed by atoms with Crippen molar-refractivity contribution in [3.05, 3.63) is 50.8 Å². The SMILES string of the molecule is Cc1nc(-c2cc(F)cc(Cl)c2)c(=O)[nH]c1C. The van der Waals surface area contributed by atoms with Gasteiger partial charge in [-0.2, -0.15) is 0 Å². The first-order valence-corrected chi connectivity index (χ1v) is 5.39. The number of rotatable bonds is 1. The fourth-order valence-electron chi connectivity index (χ4n) is 1.51. The Balaban J connectivity index is 2.68. The predicted octanol–water partition coefficient (Wildman–Crippen LogP) is 2.85. The summed E-state index contributed by atoms with van der Waals surface area (Å²) in [6, 6.07) is 3.93. The number of nitrogens with zero attached hydrogens (tertiary/aromatic N) is 1. The maximum absolute atomic E-state index is 13.2. The normalized spacial score (nSPS) is 10.6. The average Bonchev–Trinajstić information content (AvgIpc) is 2.22. The largest absolute Gasteiger partial charge is 0.323 e. The number of aryl methyl sites for hydroxylation is 2. The number of halogens is 2. The van der Waals surface area contributed by atoms with Crippen LogP contribution in [0.5, 0.6) is 0 Å². The van der Waals surface area contributed by atoms with Crippen molar-refractivity contribution in [3.63, 3.8) is 0 Å². The highest BCUT2D eigenvalue weighted by Gasteiger charge is 2.09. The molecule has 0 saturated carbocycles. The molecule has 0 unspecified atom stereocenters. The van der Waals surface area contributed by atoms with Crippen LogP contribution in [-0.4, -0.2) is 9.97 Å². The summed E-state index contributed by atoms with van der Waals surface area (Å²) in [5.74, 6) is -0.494. The summed E-state index contributed by atoms with van der Waals surface area (Å²) < 4.78 is 13.2. The second-order valence-electron chi connectivity index (χ2n) is 3.78. The maximum atomic E-state index is 13.2. The van der Waals surface area contributed by atoms with Gasteiger partial charge in [-0.3, -0.25) is 4.79 Å². The first-order valence-electron chi connectivity index (χ1n) is 5.01. The highest BCUT2D eigenvalue weighted by molar-refractivity contribution is 6.30. The lowest BCUT2D eigenvalue weighted by Gasteiger charge is -2.04. The zero-order valence-corrected chi connectivity index (χ0v) is 10.1. The number of aromatic amines is 1. The van der Waals surface area contributed by atoms with Gasteiger partial charge in [-0.05, 0) is 32.0 Å². The van der Waals surface area contributed by atoms with Gasteiger partial charge in [0.25, 0.3) is 5.56 Å². The van der Waals surface area contributed by atoms with Crippen LogP contribution in [0.4, 0.5) is 4.39 Å². The molecule has 17 heavy (non-hydrogen) atoms. The summed E-state index contributed by atoms with van der Waals surface area (Å²) in [7, 11) is 0. The van der Waals surface area contributed by atoms with E-state index < -0.39 is 5.82 Å². The van der Waals surface area contributed by atoms with Gasteiger partial charge in [0.05, 0.1) is 5.69 Å². The van der Waals surface area contributed by atoms with Gasteiger partial charge in [0.1, 0.15) is 11.5 Å². The molecule has 2 aromatic rings. The molecule has 0 bridgehead atoms. The van der Waals surface area contributed by atoms with Crippen molar-refractivity contribution >= 4 is 11.6 Å². The van der Waals surface area contributed by atoms with Crippen molar-refractivity contribution < 1.29 is 4.39 Å². The molecule has 0 amide bonds. The Morgan fingerprint density at radius 2 is 2.00 bits per heavy atom. The van der Waals surface area contributed by atoms with Crippen LogP contribution < -0.4 is 5.56 Å². The Morgan fingerprint density at radius 1 is 1.29 bits per heavy atom. The number of H-pyrrole nitrogens is 1. The van der Waals surface area contributed by atoms with Crippen molar-refractivity contribution in [2.24, 2.45) is 0 Å². The van der Waals surface area contributed by atoms with Crippen molar-refractivity contribution in [2.75, 3.05) is 0 Å². The Hall–Kier alpha value is -1.68. The summed E-state index contributed by atoms with van der Waals surface area (Å²) >= 11 is 5.74. The fourth-order valence-corrected chi connectivity index (χ4v) is 1.73. The number of nitrogens with one attached hydrogen (secondary N) is 1. The van der Waals surface area contributed by atoms with Gasteiger partial charge in [-0.1, -0.05) is 11.6 Å². The van der Waals surface area contributed by atoms with Crippen LogP contribution in [0.15, 0.2) is 23.0 Å². The molecule has 0 aliphatic carbocycles. The molecule has 0 aliphatic rings. The van der Waals surface area contributed by atoms with E-state index in [2.05, 4.69) is 9.97 Å². The molecule has 0 fully saturated rings. The van der Waals surface area contributed by atoms with Gasteiger partial charge in [0.2, 0.25) is 0 Å². The lowest BCUT2D eigenvalue weighted by atomic mass is 10.1. The van der Waals surface area contributed by atoms with Crippen molar-refractivity contribution in [1.29, 1.82) is 0 Å². The number of aromatic nitrogens is 2. The zero-order chi connectivity index (χ0) is 12.6. The Bertz CT molecular complexity index is 617. The van der Waals surface area contributed by atoms with Gasteiger partial charge in [-0.15, -0.1) is 0 Å². The molecule has 0 aliphatic heterocycles. The molecule has 1 aromatic carbocycles. The van der Waals surface area contributed by atoms with Gasteiger partial charge in [-0.25, -0.2) is 9.37 Å². The van der Waals surface area contributed by atoms with Crippen LogP contribution in [0, 0.1) is 19.7 Å². The van der Waals surface area contributed by atoms with Gasteiger partial charge >= 0.3 is 0 Å². The molecular formula is C12H10ClFN2O. The number of benzene rings is 1. The van der Waals surface area contributed by atoms with E-state index in [1.807, 2.05) is 0 Å². The monoisotopic (exact) mass is 252 g/mol. The van der Waals surface area contributed by atoms with Crippen LogP contribution in [0.2, 0.25) is 5.02 Å². The maximum Gasteiger partial charge on any atom is 0.274 e. The van der Waals surface area contributed by atoms with Gasteiger partial charge in [0, 0.05) is 16.3 Å². The second kappa shape index (κ2) is 4.30. The quantitative estimate of drug-likeness (QED) is 0.848. The number of hydrogen-bond donors (Lipinski definition) is 1. The topological polar surface area (TPSA) is 45.8 Å². The van der Waals surface area contributed by atoms with Crippen molar-refractivity contribution in [2.45, 2.75) is 13.8 Å².